The van der Waals surface area contributed by atoms with Gasteiger partial charge in [0, 0.05) is 17.5 Å². The normalized spacial score (nSPS) is 11.9. The van der Waals surface area contributed by atoms with Crippen LogP contribution < -0.4 is 14.8 Å². The number of thiazole rings is 1. The summed E-state index contributed by atoms with van der Waals surface area (Å²) in [5.41, 5.74) is 1.28. The Morgan fingerprint density at radius 3 is 2.70 bits per heavy atom. The van der Waals surface area contributed by atoms with Crippen LogP contribution in [-0.2, 0) is 4.79 Å². The molecule has 0 saturated heterocycles. The van der Waals surface area contributed by atoms with Crippen molar-refractivity contribution in [2.75, 3.05) is 0 Å². The highest BCUT2D eigenvalue weighted by Gasteiger charge is 2.12. The molecular weight excluding hydrogens is 386 g/mol. The van der Waals surface area contributed by atoms with Gasteiger partial charge in [-0.3, -0.25) is 9.59 Å². The molecule has 0 aliphatic heterocycles. The van der Waals surface area contributed by atoms with Crippen molar-refractivity contribution in [2.45, 2.75) is 6.92 Å². The fourth-order valence-corrected chi connectivity index (χ4v) is 3.57. The Morgan fingerprint density at radius 2 is 2.00 bits per heavy atom. The lowest BCUT2D eigenvalue weighted by molar-refractivity contribution is -0.131. The van der Waals surface area contributed by atoms with Crippen molar-refractivity contribution in [1.82, 2.24) is 14.6 Å². The second kappa shape index (κ2) is 6.94. The van der Waals surface area contributed by atoms with E-state index in [1.54, 1.807) is 48.5 Å². The molecule has 2 aromatic carbocycles. The van der Waals surface area contributed by atoms with Gasteiger partial charge in [-0.05, 0) is 48.0 Å². The Labute approximate surface area is 162 Å². The Hall–Kier alpha value is -3.03. The number of rotatable bonds is 3. The molecule has 0 saturated carbocycles. The van der Waals surface area contributed by atoms with Crippen molar-refractivity contribution >= 4 is 39.9 Å². The van der Waals surface area contributed by atoms with Crippen molar-refractivity contribution in [2.24, 2.45) is 0 Å². The number of fused-ring (bicyclic) bond motifs is 1. The summed E-state index contributed by atoms with van der Waals surface area (Å²) in [4.78, 5) is 28.6. The minimum absolute atomic E-state index is 0.249. The van der Waals surface area contributed by atoms with E-state index in [0.29, 0.717) is 26.1 Å². The van der Waals surface area contributed by atoms with Gasteiger partial charge in [-0.25, -0.2) is 0 Å². The largest absolute Gasteiger partial charge is 0.427 e. The van der Waals surface area contributed by atoms with E-state index in [4.69, 9.17) is 16.3 Å². The molecule has 0 aliphatic carbocycles. The fraction of sp³-hybridized carbons (Fsp3) is 0.0526. The first-order valence-corrected chi connectivity index (χ1v) is 9.15. The summed E-state index contributed by atoms with van der Waals surface area (Å²) in [6.45, 7) is 1.34. The maximum atomic E-state index is 12.6. The first-order valence-electron chi connectivity index (χ1n) is 7.95. The molecule has 0 unspecified atom stereocenters. The molecule has 0 N–H and O–H groups in total. The molecule has 2 aromatic heterocycles. The lowest BCUT2D eigenvalue weighted by atomic mass is 10.2. The monoisotopic (exact) mass is 397 g/mol. The molecule has 0 aliphatic rings. The lowest BCUT2D eigenvalue weighted by Crippen LogP contribution is -2.23. The highest BCUT2D eigenvalue weighted by atomic mass is 35.5. The van der Waals surface area contributed by atoms with Crippen molar-refractivity contribution in [1.29, 1.82) is 0 Å². The number of carbonyl (C=O) groups is 1. The van der Waals surface area contributed by atoms with Gasteiger partial charge in [-0.15, -0.1) is 5.10 Å². The predicted molar refractivity (Wildman–Crippen MR) is 104 cm³/mol. The maximum Gasteiger partial charge on any atom is 0.308 e. The molecule has 0 amide bonds. The van der Waals surface area contributed by atoms with Gasteiger partial charge in [0.05, 0.1) is 4.53 Å². The Bertz CT molecular complexity index is 1260. The van der Waals surface area contributed by atoms with Crippen LogP contribution >= 0.6 is 22.9 Å². The topological polar surface area (TPSA) is 73.6 Å². The zero-order chi connectivity index (χ0) is 19.0. The molecular formula is C19H12ClN3O3S. The molecule has 4 rings (SSSR count). The van der Waals surface area contributed by atoms with Crippen LogP contribution in [0.15, 0.2) is 53.3 Å². The van der Waals surface area contributed by atoms with E-state index >= 15 is 0 Å². The quantitative estimate of drug-likeness (QED) is 0.392. The van der Waals surface area contributed by atoms with Gasteiger partial charge in [-0.2, -0.15) is 9.50 Å². The molecule has 27 heavy (non-hydrogen) atoms. The number of benzene rings is 2. The summed E-state index contributed by atoms with van der Waals surface area (Å²) >= 11 is 7.14. The summed E-state index contributed by atoms with van der Waals surface area (Å²) in [6.07, 6.45) is 1.72. The van der Waals surface area contributed by atoms with Gasteiger partial charge in [0.25, 0.3) is 5.56 Å². The van der Waals surface area contributed by atoms with Crippen LogP contribution in [0.25, 0.3) is 22.4 Å². The summed E-state index contributed by atoms with van der Waals surface area (Å²) in [7, 11) is 0. The van der Waals surface area contributed by atoms with Crippen molar-refractivity contribution in [3.63, 3.8) is 0 Å². The molecule has 8 heteroatoms. The summed E-state index contributed by atoms with van der Waals surface area (Å²) < 4.78 is 6.85. The number of ether oxygens (including phenoxy) is 1. The molecule has 2 heterocycles. The highest BCUT2D eigenvalue weighted by molar-refractivity contribution is 7.15. The predicted octanol–water partition coefficient (Wildman–Crippen LogP) is 2.94. The van der Waals surface area contributed by atoms with E-state index in [9.17, 15) is 9.59 Å². The molecule has 0 fully saturated rings. The van der Waals surface area contributed by atoms with Crippen molar-refractivity contribution in [3.05, 3.63) is 74.0 Å². The summed E-state index contributed by atoms with van der Waals surface area (Å²) in [5.74, 6) is 0.497. The Kier molecular flexibility index (Phi) is 4.47. The number of nitrogens with zero attached hydrogens (tertiary/aromatic N) is 3. The molecule has 6 nitrogen and oxygen atoms in total. The third kappa shape index (κ3) is 3.60. The smallest absolute Gasteiger partial charge is 0.308 e. The highest BCUT2D eigenvalue weighted by Crippen LogP contribution is 2.19. The van der Waals surface area contributed by atoms with Crippen molar-refractivity contribution in [3.8, 4) is 17.1 Å². The van der Waals surface area contributed by atoms with Crippen LogP contribution in [0.4, 0.5) is 0 Å². The van der Waals surface area contributed by atoms with Crippen LogP contribution in [-0.4, -0.2) is 20.6 Å². The Morgan fingerprint density at radius 1 is 1.22 bits per heavy atom. The van der Waals surface area contributed by atoms with Crippen LogP contribution in [0.5, 0.6) is 5.75 Å². The second-order valence-electron chi connectivity index (χ2n) is 5.72. The first-order chi connectivity index (χ1) is 13.0. The van der Waals surface area contributed by atoms with Crippen LogP contribution in [0.2, 0.25) is 5.02 Å². The molecule has 0 atom stereocenters. The van der Waals surface area contributed by atoms with Gasteiger partial charge < -0.3 is 4.74 Å². The van der Waals surface area contributed by atoms with E-state index in [2.05, 4.69) is 10.1 Å². The van der Waals surface area contributed by atoms with E-state index in [-0.39, 0.29) is 5.56 Å². The zero-order valence-electron chi connectivity index (χ0n) is 14.0. The number of hydrogen-bond acceptors (Lipinski definition) is 6. The lowest BCUT2D eigenvalue weighted by Gasteiger charge is -2.01. The average Bonchev–Trinajstić information content (AvgIpc) is 3.16. The molecule has 0 spiro atoms. The van der Waals surface area contributed by atoms with Crippen LogP contribution in [0.1, 0.15) is 12.5 Å². The van der Waals surface area contributed by atoms with E-state index < -0.39 is 5.97 Å². The molecule has 0 bridgehead atoms. The molecule has 0 radical (unpaired) electrons. The number of carbonyl (C=O) groups excluding carboxylic acids is 1. The SMILES string of the molecule is CC(=O)Oc1cccc(C=c2sc3nc(-c4ccc(Cl)cc4)nn3c2=O)c1. The third-order valence-electron chi connectivity index (χ3n) is 3.70. The number of hydrogen-bond donors (Lipinski definition) is 0. The zero-order valence-corrected chi connectivity index (χ0v) is 15.6. The van der Waals surface area contributed by atoms with Gasteiger partial charge in [-0.1, -0.05) is 35.1 Å². The van der Waals surface area contributed by atoms with Gasteiger partial charge in [0.2, 0.25) is 4.96 Å². The standard InChI is InChI=1S/C19H12ClN3O3S/c1-11(24)26-15-4-2-3-12(9-15)10-16-18(25)23-19(27-16)21-17(22-23)13-5-7-14(20)8-6-13/h2-10H,1H3. The second-order valence-corrected chi connectivity index (χ2v) is 7.16. The molecule has 134 valence electrons. The maximum absolute atomic E-state index is 12.6. The van der Waals surface area contributed by atoms with E-state index in [0.717, 1.165) is 11.1 Å². The van der Waals surface area contributed by atoms with E-state index in [1.807, 2.05) is 6.07 Å². The summed E-state index contributed by atoms with van der Waals surface area (Å²) in [6, 6.07) is 14.1. The van der Waals surface area contributed by atoms with Gasteiger partial charge in [0.15, 0.2) is 5.82 Å². The average molecular weight is 398 g/mol. The minimum Gasteiger partial charge on any atom is -0.427 e. The van der Waals surface area contributed by atoms with Crippen LogP contribution in [0, 0.1) is 0 Å². The van der Waals surface area contributed by atoms with E-state index in [1.165, 1.54) is 22.8 Å². The number of esters is 1. The summed E-state index contributed by atoms with van der Waals surface area (Å²) in [5, 5.41) is 4.92. The number of aromatic nitrogens is 3. The van der Waals surface area contributed by atoms with Crippen molar-refractivity contribution < 1.29 is 9.53 Å². The minimum atomic E-state index is -0.398. The van der Waals surface area contributed by atoms with Gasteiger partial charge >= 0.3 is 5.97 Å². The van der Waals surface area contributed by atoms with Crippen LogP contribution in [0.3, 0.4) is 0 Å². The fourth-order valence-electron chi connectivity index (χ4n) is 2.54. The third-order valence-corrected chi connectivity index (χ3v) is 4.91. The number of halogens is 1. The first kappa shape index (κ1) is 17.4. The van der Waals surface area contributed by atoms with Gasteiger partial charge in [0.1, 0.15) is 5.75 Å². The molecule has 4 aromatic rings. The Balaban J connectivity index is 1.73.